The van der Waals surface area contributed by atoms with E-state index in [-0.39, 0.29) is 18.1 Å². The van der Waals surface area contributed by atoms with Gasteiger partial charge < -0.3 is 10.6 Å². The summed E-state index contributed by atoms with van der Waals surface area (Å²) >= 11 is 0. The third-order valence-electron chi connectivity index (χ3n) is 3.76. The summed E-state index contributed by atoms with van der Waals surface area (Å²) in [5.41, 5.74) is 5.87. The Hall–Kier alpha value is -1.06. The first-order valence-electron chi connectivity index (χ1n) is 7.74. The molecule has 1 aliphatic rings. The molecule has 2 amide bonds. The molecule has 1 atom stereocenters. The van der Waals surface area contributed by atoms with Crippen molar-refractivity contribution in [3.05, 3.63) is 0 Å². The van der Waals surface area contributed by atoms with E-state index in [4.69, 9.17) is 5.73 Å². The Morgan fingerprint density at radius 2 is 1.74 bits per heavy atom. The van der Waals surface area contributed by atoms with Gasteiger partial charge >= 0.3 is 6.03 Å². The van der Waals surface area contributed by atoms with Crippen LogP contribution in [0.15, 0.2) is 4.99 Å². The van der Waals surface area contributed by atoms with E-state index in [0.717, 1.165) is 12.8 Å². The predicted molar refractivity (Wildman–Crippen MR) is 80.4 cm³/mol. The molecule has 2 N–H and O–H groups in total. The molecular formula is C15H29N3O. The highest BCUT2D eigenvalue weighted by Crippen LogP contribution is 2.20. The lowest BCUT2D eigenvalue weighted by Gasteiger charge is -2.27. The number of carbonyl (C=O) groups excluding carboxylic acids is 1. The maximum Gasteiger partial charge on any atom is 0.346 e. The van der Waals surface area contributed by atoms with Crippen molar-refractivity contribution in [2.45, 2.75) is 84.2 Å². The Labute approximate surface area is 117 Å². The number of nitrogens with two attached hydrogens (primary N) is 1. The van der Waals surface area contributed by atoms with Crippen LogP contribution in [0.25, 0.3) is 0 Å². The minimum Gasteiger partial charge on any atom is -0.385 e. The zero-order valence-corrected chi connectivity index (χ0v) is 12.7. The first-order chi connectivity index (χ1) is 9.07. The fraction of sp³-hybridized carbons (Fsp3) is 0.867. The van der Waals surface area contributed by atoms with Crippen LogP contribution in [0.1, 0.15) is 72.1 Å². The molecule has 0 fully saturated rings. The fourth-order valence-corrected chi connectivity index (χ4v) is 2.68. The summed E-state index contributed by atoms with van der Waals surface area (Å²) in [5.74, 6) is 0.504. The Bertz CT molecular complexity index is 313. The van der Waals surface area contributed by atoms with E-state index in [1.54, 1.807) is 0 Å². The summed E-state index contributed by atoms with van der Waals surface area (Å²) < 4.78 is 0. The number of amidine groups is 1. The number of aliphatic imine (C=N–C) groups is 1. The smallest absolute Gasteiger partial charge is 0.346 e. The highest BCUT2D eigenvalue weighted by Gasteiger charge is 2.34. The molecule has 1 heterocycles. The van der Waals surface area contributed by atoms with Gasteiger partial charge in [0.15, 0.2) is 0 Å². The molecular weight excluding hydrogens is 238 g/mol. The second-order valence-electron chi connectivity index (χ2n) is 5.75. The topological polar surface area (TPSA) is 58.7 Å². The normalized spacial score (nSPS) is 19.4. The number of amides is 2. The van der Waals surface area contributed by atoms with Crippen LogP contribution in [0, 0.1) is 0 Å². The van der Waals surface area contributed by atoms with E-state index in [9.17, 15) is 4.79 Å². The first-order valence-corrected chi connectivity index (χ1v) is 7.74. The van der Waals surface area contributed by atoms with Crippen LogP contribution in [-0.4, -0.2) is 28.9 Å². The molecule has 110 valence electrons. The lowest BCUT2D eigenvalue weighted by atomic mass is 10.0. The molecule has 0 bridgehead atoms. The van der Waals surface area contributed by atoms with Gasteiger partial charge in [-0.25, -0.2) is 4.79 Å². The zero-order valence-electron chi connectivity index (χ0n) is 12.7. The van der Waals surface area contributed by atoms with Crippen LogP contribution in [0.5, 0.6) is 0 Å². The molecule has 0 radical (unpaired) electrons. The second kappa shape index (κ2) is 8.18. The van der Waals surface area contributed by atoms with Gasteiger partial charge in [0, 0.05) is 6.04 Å². The fourth-order valence-electron chi connectivity index (χ4n) is 2.68. The molecule has 0 saturated heterocycles. The van der Waals surface area contributed by atoms with Crippen molar-refractivity contribution in [1.29, 1.82) is 0 Å². The third kappa shape index (κ3) is 4.84. The molecule has 0 aromatic heterocycles. The van der Waals surface area contributed by atoms with Gasteiger partial charge in [-0.3, -0.25) is 0 Å². The average molecular weight is 267 g/mol. The van der Waals surface area contributed by atoms with Crippen LogP contribution < -0.4 is 5.73 Å². The number of carbonyl (C=O) groups is 1. The second-order valence-corrected chi connectivity index (χ2v) is 5.75. The summed E-state index contributed by atoms with van der Waals surface area (Å²) in [6.07, 6.45) is 9.91. The number of nitrogens with zero attached hydrogens (tertiary/aromatic N) is 2. The molecule has 0 spiro atoms. The van der Waals surface area contributed by atoms with Gasteiger partial charge in [-0.05, 0) is 20.3 Å². The minimum absolute atomic E-state index is 0.0307. The van der Waals surface area contributed by atoms with Gasteiger partial charge in [0.25, 0.3) is 0 Å². The van der Waals surface area contributed by atoms with Crippen molar-refractivity contribution < 1.29 is 4.79 Å². The molecule has 0 aromatic rings. The largest absolute Gasteiger partial charge is 0.385 e. The van der Waals surface area contributed by atoms with Crippen molar-refractivity contribution in [1.82, 2.24) is 4.90 Å². The number of hydrogen-bond acceptors (Lipinski definition) is 2. The van der Waals surface area contributed by atoms with Crippen molar-refractivity contribution in [2.75, 3.05) is 0 Å². The minimum atomic E-state index is -0.166. The number of hydrogen-bond donors (Lipinski definition) is 1. The highest BCUT2D eigenvalue weighted by atomic mass is 16.2. The molecule has 0 aromatic carbocycles. The summed E-state index contributed by atoms with van der Waals surface area (Å²) in [4.78, 5) is 17.4. The third-order valence-corrected chi connectivity index (χ3v) is 3.76. The van der Waals surface area contributed by atoms with Crippen molar-refractivity contribution in [3.8, 4) is 0 Å². The predicted octanol–water partition coefficient (Wildman–Crippen LogP) is 3.70. The van der Waals surface area contributed by atoms with Gasteiger partial charge in [0.1, 0.15) is 5.84 Å². The van der Waals surface area contributed by atoms with Crippen molar-refractivity contribution in [2.24, 2.45) is 10.7 Å². The van der Waals surface area contributed by atoms with E-state index >= 15 is 0 Å². The summed E-state index contributed by atoms with van der Waals surface area (Å²) in [5, 5.41) is 0. The Morgan fingerprint density at radius 1 is 1.16 bits per heavy atom. The van der Waals surface area contributed by atoms with Crippen LogP contribution in [0.4, 0.5) is 4.79 Å². The molecule has 1 aliphatic heterocycles. The van der Waals surface area contributed by atoms with Crippen molar-refractivity contribution in [3.63, 3.8) is 0 Å². The van der Waals surface area contributed by atoms with Crippen LogP contribution in [0.3, 0.4) is 0 Å². The van der Waals surface area contributed by atoms with Gasteiger partial charge in [-0.15, -0.1) is 0 Å². The summed E-state index contributed by atoms with van der Waals surface area (Å²) in [7, 11) is 0. The SMILES string of the molecule is CCCCCCCCCC1C(N)=NC(=O)N1C(C)C. The maximum atomic E-state index is 11.7. The number of urea groups is 1. The molecule has 1 unspecified atom stereocenters. The lowest BCUT2D eigenvalue weighted by molar-refractivity contribution is 0.186. The molecule has 19 heavy (non-hydrogen) atoms. The van der Waals surface area contributed by atoms with Crippen molar-refractivity contribution >= 4 is 11.9 Å². The van der Waals surface area contributed by atoms with Crippen LogP contribution in [0.2, 0.25) is 0 Å². The Balaban J connectivity index is 2.24. The van der Waals surface area contributed by atoms with Gasteiger partial charge in [-0.2, -0.15) is 4.99 Å². The molecule has 0 aliphatic carbocycles. The van der Waals surface area contributed by atoms with E-state index < -0.39 is 0 Å². The van der Waals surface area contributed by atoms with E-state index in [2.05, 4.69) is 11.9 Å². The summed E-state index contributed by atoms with van der Waals surface area (Å²) in [6, 6.07) is 0.0374. The number of rotatable bonds is 9. The van der Waals surface area contributed by atoms with Crippen LogP contribution >= 0.6 is 0 Å². The summed E-state index contributed by atoms with van der Waals surface area (Å²) in [6.45, 7) is 6.27. The quantitative estimate of drug-likeness (QED) is 0.648. The first kappa shape index (κ1) is 16.0. The monoisotopic (exact) mass is 267 g/mol. The highest BCUT2D eigenvalue weighted by molar-refractivity contribution is 6.02. The van der Waals surface area contributed by atoms with E-state index in [0.29, 0.717) is 5.84 Å². The zero-order chi connectivity index (χ0) is 14.3. The molecule has 0 saturated carbocycles. The molecule has 4 heteroatoms. The van der Waals surface area contributed by atoms with Crippen LogP contribution in [-0.2, 0) is 0 Å². The molecule has 1 rings (SSSR count). The van der Waals surface area contributed by atoms with Gasteiger partial charge in [0.2, 0.25) is 0 Å². The van der Waals surface area contributed by atoms with E-state index in [1.165, 1.54) is 38.5 Å². The lowest BCUT2D eigenvalue weighted by Crippen LogP contribution is -2.44. The van der Waals surface area contributed by atoms with Gasteiger partial charge in [-0.1, -0.05) is 51.9 Å². The maximum absolute atomic E-state index is 11.7. The molecule has 4 nitrogen and oxygen atoms in total. The van der Waals surface area contributed by atoms with E-state index in [1.807, 2.05) is 18.7 Å². The standard InChI is InChI=1S/C15H29N3O/c1-4-5-6-7-8-9-10-11-13-14(16)17-15(19)18(13)12(2)3/h12-13H,4-11H2,1-3H3,(H2,16,17,19). The average Bonchev–Trinajstić information content (AvgIpc) is 2.63. The Morgan fingerprint density at radius 3 is 2.32 bits per heavy atom. The van der Waals surface area contributed by atoms with Gasteiger partial charge in [0.05, 0.1) is 6.04 Å². The number of unbranched alkanes of at least 4 members (excludes halogenated alkanes) is 6. The Kier molecular flexibility index (Phi) is 6.89.